The third kappa shape index (κ3) is 2.88. The van der Waals surface area contributed by atoms with Crippen LogP contribution in [0.25, 0.3) is 21.6 Å². The molecule has 0 radical (unpaired) electrons. The molecule has 0 saturated carbocycles. The molecule has 0 spiro atoms. The lowest BCUT2D eigenvalue weighted by Gasteiger charge is -2.07. The van der Waals surface area contributed by atoms with Gasteiger partial charge in [-0.15, -0.1) is 11.3 Å². The van der Waals surface area contributed by atoms with Crippen LogP contribution in [0.3, 0.4) is 0 Å². The molecule has 1 N–H and O–H groups in total. The van der Waals surface area contributed by atoms with E-state index in [1.807, 2.05) is 13.0 Å². The fourth-order valence-electron chi connectivity index (χ4n) is 2.06. The van der Waals surface area contributed by atoms with E-state index in [-0.39, 0.29) is 12.5 Å². The molecule has 0 bridgehead atoms. The molecule has 0 unspecified atom stereocenters. The van der Waals surface area contributed by atoms with Gasteiger partial charge in [0.05, 0.1) is 28.7 Å². The molecule has 22 heavy (non-hydrogen) atoms. The minimum absolute atomic E-state index is 0.0839. The number of aliphatic hydroxyl groups is 1. The van der Waals surface area contributed by atoms with E-state index in [9.17, 15) is 8.78 Å². The van der Waals surface area contributed by atoms with Gasteiger partial charge in [-0.3, -0.25) is 0 Å². The number of hydrogen-bond acceptors (Lipinski definition) is 6. The standard InChI is InChI=1S/C14H11F2N3O2S/c1-7-2-9(13-18-4-8(6-20)22-13)12-10(3-7)19-11(5-17-12)21-14(15)16/h2-5,14,20H,6H2,1H3. The topological polar surface area (TPSA) is 68.1 Å². The molecule has 2 aromatic heterocycles. The Kier molecular flexibility index (Phi) is 3.95. The Bertz CT molecular complexity index is 823. The van der Waals surface area contributed by atoms with Gasteiger partial charge >= 0.3 is 6.61 Å². The second kappa shape index (κ2) is 5.90. The van der Waals surface area contributed by atoms with Crippen LogP contribution in [-0.4, -0.2) is 26.7 Å². The van der Waals surface area contributed by atoms with Crippen molar-refractivity contribution < 1.29 is 18.6 Å². The molecule has 0 amide bonds. The molecular weight excluding hydrogens is 312 g/mol. The first kappa shape index (κ1) is 14.7. The van der Waals surface area contributed by atoms with E-state index < -0.39 is 6.61 Å². The number of halogens is 2. The van der Waals surface area contributed by atoms with E-state index in [1.165, 1.54) is 11.3 Å². The third-order valence-electron chi connectivity index (χ3n) is 2.92. The predicted molar refractivity (Wildman–Crippen MR) is 77.9 cm³/mol. The van der Waals surface area contributed by atoms with Gasteiger partial charge in [0.1, 0.15) is 5.01 Å². The molecule has 5 nitrogen and oxygen atoms in total. The van der Waals surface area contributed by atoms with Crippen molar-refractivity contribution in [2.24, 2.45) is 0 Å². The number of nitrogens with zero attached hydrogens (tertiary/aromatic N) is 3. The molecule has 114 valence electrons. The Morgan fingerprint density at radius 1 is 1.27 bits per heavy atom. The third-order valence-corrected chi connectivity index (χ3v) is 3.93. The maximum Gasteiger partial charge on any atom is 0.388 e. The summed E-state index contributed by atoms with van der Waals surface area (Å²) in [6, 6.07) is 3.63. The Morgan fingerprint density at radius 2 is 2.09 bits per heavy atom. The van der Waals surface area contributed by atoms with Crippen molar-refractivity contribution in [3.05, 3.63) is 35.0 Å². The molecule has 1 aromatic carbocycles. The fourth-order valence-corrected chi connectivity index (χ4v) is 2.85. The number of rotatable bonds is 4. The van der Waals surface area contributed by atoms with Crippen LogP contribution in [-0.2, 0) is 6.61 Å². The maximum absolute atomic E-state index is 12.3. The van der Waals surface area contributed by atoms with E-state index in [0.29, 0.717) is 16.0 Å². The van der Waals surface area contributed by atoms with Crippen LogP contribution in [0.1, 0.15) is 10.4 Å². The Labute approximate surface area is 128 Å². The van der Waals surface area contributed by atoms with Crippen LogP contribution in [0.4, 0.5) is 8.78 Å². The number of thiazole rings is 1. The Morgan fingerprint density at radius 3 is 2.77 bits per heavy atom. The van der Waals surface area contributed by atoms with Crippen LogP contribution in [0.5, 0.6) is 5.88 Å². The van der Waals surface area contributed by atoms with Gasteiger partial charge in [0.15, 0.2) is 0 Å². The van der Waals surface area contributed by atoms with E-state index in [2.05, 4.69) is 19.7 Å². The SMILES string of the molecule is Cc1cc(-c2ncc(CO)s2)c2ncc(OC(F)F)nc2c1. The molecule has 0 aliphatic heterocycles. The first-order chi connectivity index (χ1) is 10.6. The molecule has 3 aromatic rings. The highest BCUT2D eigenvalue weighted by Crippen LogP contribution is 2.32. The number of benzene rings is 1. The number of aliphatic hydroxyl groups excluding tert-OH is 1. The van der Waals surface area contributed by atoms with Gasteiger partial charge in [0.2, 0.25) is 5.88 Å². The van der Waals surface area contributed by atoms with Crippen molar-refractivity contribution >= 4 is 22.4 Å². The van der Waals surface area contributed by atoms with Gasteiger partial charge in [-0.25, -0.2) is 15.0 Å². The molecule has 3 rings (SSSR count). The second-order valence-electron chi connectivity index (χ2n) is 4.56. The van der Waals surface area contributed by atoms with Gasteiger partial charge in [-0.1, -0.05) is 0 Å². The number of aromatic nitrogens is 3. The minimum Gasteiger partial charge on any atom is -0.415 e. The lowest BCUT2D eigenvalue weighted by atomic mass is 10.1. The van der Waals surface area contributed by atoms with Crippen LogP contribution >= 0.6 is 11.3 Å². The summed E-state index contributed by atoms with van der Waals surface area (Å²) in [5, 5.41) is 9.83. The predicted octanol–water partition coefficient (Wildman–Crippen LogP) is 3.16. The summed E-state index contributed by atoms with van der Waals surface area (Å²) in [4.78, 5) is 13.2. The van der Waals surface area contributed by atoms with Crippen LogP contribution in [0.2, 0.25) is 0 Å². The van der Waals surface area contributed by atoms with Crippen LogP contribution in [0.15, 0.2) is 24.5 Å². The highest BCUT2D eigenvalue weighted by molar-refractivity contribution is 7.15. The average Bonchev–Trinajstić information content (AvgIpc) is 2.94. The highest BCUT2D eigenvalue weighted by atomic mass is 32.1. The van der Waals surface area contributed by atoms with E-state index in [4.69, 9.17) is 5.11 Å². The summed E-state index contributed by atoms with van der Waals surface area (Å²) in [5.41, 5.74) is 2.64. The van der Waals surface area contributed by atoms with Crippen molar-refractivity contribution in [2.45, 2.75) is 20.1 Å². The first-order valence-electron chi connectivity index (χ1n) is 6.35. The number of aryl methyl sites for hydroxylation is 1. The van der Waals surface area contributed by atoms with Crippen molar-refractivity contribution in [3.63, 3.8) is 0 Å². The quantitative estimate of drug-likeness (QED) is 0.799. The number of ether oxygens (including phenoxy) is 1. The number of fused-ring (bicyclic) bond motifs is 1. The molecule has 0 atom stereocenters. The highest BCUT2D eigenvalue weighted by Gasteiger charge is 2.13. The summed E-state index contributed by atoms with van der Waals surface area (Å²) >= 11 is 1.34. The smallest absolute Gasteiger partial charge is 0.388 e. The minimum atomic E-state index is -2.94. The van der Waals surface area contributed by atoms with Gasteiger partial charge in [-0.2, -0.15) is 8.78 Å². The normalized spacial score (nSPS) is 11.3. The molecule has 2 heterocycles. The molecule has 0 aliphatic carbocycles. The summed E-state index contributed by atoms with van der Waals surface area (Å²) in [6.07, 6.45) is 2.75. The average molecular weight is 323 g/mol. The van der Waals surface area contributed by atoms with Crippen molar-refractivity contribution in [1.82, 2.24) is 15.0 Å². The zero-order valence-electron chi connectivity index (χ0n) is 11.5. The monoisotopic (exact) mass is 323 g/mol. The second-order valence-corrected chi connectivity index (χ2v) is 5.67. The van der Waals surface area contributed by atoms with Crippen molar-refractivity contribution in [2.75, 3.05) is 0 Å². The largest absolute Gasteiger partial charge is 0.415 e. The van der Waals surface area contributed by atoms with Gasteiger partial charge in [0.25, 0.3) is 0 Å². The van der Waals surface area contributed by atoms with Crippen LogP contribution in [0, 0.1) is 6.92 Å². The van der Waals surface area contributed by atoms with Gasteiger partial charge in [0, 0.05) is 11.8 Å². The molecule has 0 fully saturated rings. The Balaban J connectivity index is 2.13. The van der Waals surface area contributed by atoms with E-state index in [0.717, 1.165) is 22.2 Å². The molecular formula is C14H11F2N3O2S. The lowest BCUT2D eigenvalue weighted by Crippen LogP contribution is -2.04. The van der Waals surface area contributed by atoms with E-state index >= 15 is 0 Å². The first-order valence-corrected chi connectivity index (χ1v) is 7.16. The Hall–Kier alpha value is -2.19. The zero-order valence-corrected chi connectivity index (χ0v) is 12.3. The molecule has 0 aliphatic rings. The molecule has 8 heteroatoms. The number of hydrogen-bond donors (Lipinski definition) is 1. The zero-order chi connectivity index (χ0) is 15.7. The van der Waals surface area contributed by atoms with E-state index in [1.54, 1.807) is 12.3 Å². The summed E-state index contributed by atoms with van der Waals surface area (Å²) < 4.78 is 28.8. The molecule has 0 saturated heterocycles. The maximum atomic E-state index is 12.3. The van der Waals surface area contributed by atoms with Crippen molar-refractivity contribution in [3.8, 4) is 16.5 Å². The summed E-state index contributed by atoms with van der Waals surface area (Å²) in [5.74, 6) is -0.228. The van der Waals surface area contributed by atoms with Gasteiger partial charge in [-0.05, 0) is 24.6 Å². The van der Waals surface area contributed by atoms with Gasteiger partial charge < -0.3 is 9.84 Å². The summed E-state index contributed by atoms with van der Waals surface area (Å²) in [7, 11) is 0. The van der Waals surface area contributed by atoms with Crippen molar-refractivity contribution in [1.29, 1.82) is 0 Å². The number of alkyl halides is 2. The lowest BCUT2D eigenvalue weighted by molar-refractivity contribution is -0.0528. The van der Waals surface area contributed by atoms with Crippen LogP contribution < -0.4 is 4.74 Å². The summed E-state index contributed by atoms with van der Waals surface area (Å²) in [6.45, 7) is -1.16. The fraction of sp³-hybridized carbons (Fsp3) is 0.214.